The van der Waals surface area contributed by atoms with Crippen LogP contribution in [0.1, 0.15) is 43.9 Å². The van der Waals surface area contributed by atoms with E-state index in [1.54, 1.807) is 30.6 Å². The Morgan fingerprint density at radius 1 is 1.10 bits per heavy atom. The van der Waals surface area contributed by atoms with E-state index in [4.69, 9.17) is 9.47 Å². The van der Waals surface area contributed by atoms with E-state index in [9.17, 15) is 19.2 Å². The number of thiophene rings is 1. The summed E-state index contributed by atoms with van der Waals surface area (Å²) in [7, 11) is 0. The van der Waals surface area contributed by atoms with E-state index in [-0.39, 0.29) is 41.4 Å². The largest absolute Gasteiger partial charge is 0.464 e. The Labute approximate surface area is 243 Å². The number of aryl methyl sites for hydroxylation is 1. The van der Waals surface area contributed by atoms with Crippen LogP contribution in [-0.4, -0.2) is 71.3 Å². The van der Waals surface area contributed by atoms with Crippen LogP contribution in [0.15, 0.2) is 41.9 Å². The molecule has 3 heterocycles. The highest BCUT2D eigenvalue weighted by Gasteiger charge is 2.26. The van der Waals surface area contributed by atoms with Crippen LogP contribution < -0.4 is 16.0 Å². The SMILES string of the molecule is CCOCCCOC(=O)[C@H](CNC(=O)c1cccs1)NC(=O)c1sc(NC(=O)Cc2cccc3[nH]ncc23)nc1C. The lowest BCUT2D eigenvalue weighted by atomic mass is 10.1. The number of rotatable bonds is 14. The van der Waals surface area contributed by atoms with E-state index in [1.807, 2.05) is 25.1 Å². The molecule has 12 nitrogen and oxygen atoms in total. The van der Waals surface area contributed by atoms with Gasteiger partial charge in [0.2, 0.25) is 5.91 Å². The topological polar surface area (TPSA) is 164 Å². The van der Waals surface area contributed by atoms with E-state index in [2.05, 4.69) is 31.1 Å². The average molecular weight is 599 g/mol. The molecule has 0 unspecified atom stereocenters. The van der Waals surface area contributed by atoms with Gasteiger partial charge in [-0.15, -0.1) is 11.3 Å². The summed E-state index contributed by atoms with van der Waals surface area (Å²) in [4.78, 5) is 56.2. The second kappa shape index (κ2) is 14.5. The molecule has 3 amide bonds. The maximum Gasteiger partial charge on any atom is 0.330 e. The first-order chi connectivity index (χ1) is 19.9. The molecule has 4 aromatic rings. The quantitative estimate of drug-likeness (QED) is 0.127. The van der Waals surface area contributed by atoms with Crippen LogP contribution >= 0.6 is 22.7 Å². The second-order valence-electron chi connectivity index (χ2n) is 8.84. The van der Waals surface area contributed by atoms with Crippen molar-refractivity contribution in [3.63, 3.8) is 0 Å². The van der Waals surface area contributed by atoms with Crippen LogP contribution in [0.5, 0.6) is 0 Å². The second-order valence-corrected chi connectivity index (χ2v) is 10.8. The van der Waals surface area contributed by atoms with Crippen molar-refractivity contribution in [1.82, 2.24) is 25.8 Å². The first kappa shape index (κ1) is 29.8. The Hall–Kier alpha value is -4.14. The third-order valence-corrected chi connectivity index (χ3v) is 7.80. The molecule has 0 bridgehead atoms. The fourth-order valence-corrected chi connectivity index (χ4v) is 5.39. The minimum atomic E-state index is -1.14. The molecule has 216 valence electrons. The van der Waals surface area contributed by atoms with Gasteiger partial charge in [0.15, 0.2) is 5.13 Å². The van der Waals surface area contributed by atoms with Crippen molar-refractivity contribution < 1.29 is 28.7 Å². The highest BCUT2D eigenvalue weighted by Crippen LogP contribution is 2.24. The van der Waals surface area contributed by atoms with Gasteiger partial charge in [0.05, 0.1) is 35.3 Å². The molecule has 41 heavy (non-hydrogen) atoms. The van der Waals surface area contributed by atoms with Gasteiger partial charge in [0.1, 0.15) is 10.9 Å². The molecule has 14 heteroatoms. The molecule has 0 radical (unpaired) electrons. The molecule has 0 aliphatic rings. The summed E-state index contributed by atoms with van der Waals surface area (Å²) >= 11 is 2.25. The smallest absolute Gasteiger partial charge is 0.330 e. The maximum atomic E-state index is 13.2. The van der Waals surface area contributed by atoms with Crippen LogP contribution in [0.4, 0.5) is 5.13 Å². The molecular formula is C27H30N6O6S2. The number of benzene rings is 1. The Balaban J connectivity index is 1.39. The molecule has 0 fully saturated rings. The van der Waals surface area contributed by atoms with Gasteiger partial charge < -0.3 is 25.4 Å². The van der Waals surface area contributed by atoms with Crippen molar-refractivity contribution in [2.45, 2.75) is 32.7 Å². The summed E-state index contributed by atoms with van der Waals surface area (Å²) in [5, 5.41) is 17.8. The van der Waals surface area contributed by atoms with Crippen LogP contribution in [0.3, 0.4) is 0 Å². The third kappa shape index (κ3) is 8.19. The van der Waals surface area contributed by atoms with Crippen LogP contribution in [0.25, 0.3) is 10.9 Å². The highest BCUT2D eigenvalue weighted by molar-refractivity contribution is 7.17. The molecule has 0 spiro atoms. The van der Waals surface area contributed by atoms with Crippen molar-refractivity contribution in [3.8, 4) is 0 Å². The predicted molar refractivity (Wildman–Crippen MR) is 155 cm³/mol. The normalized spacial score (nSPS) is 11.7. The Morgan fingerprint density at radius 3 is 2.73 bits per heavy atom. The van der Waals surface area contributed by atoms with Crippen molar-refractivity contribution >= 4 is 62.4 Å². The van der Waals surface area contributed by atoms with Gasteiger partial charge in [0.25, 0.3) is 11.8 Å². The fourth-order valence-electron chi connectivity index (χ4n) is 3.87. The highest BCUT2D eigenvalue weighted by atomic mass is 32.1. The van der Waals surface area contributed by atoms with Crippen molar-refractivity contribution in [2.24, 2.45) is 0 Å². The standard InChI is InChI=1S/C27H30N6O6S2/c1-3-38-10-6-11-39-26(37)20(15-28-24(35)21-9-5-12-40-21)31-25(36)23-16(2)30-27(41-23)32-22(34)13-17-7-4-8-19-18(17)14-29-33-19/h4-5,7-9,12,14,20H,3,6,10-11,13,15H2,1-2H3,(H,28,35)(H,29,33)(H,31,36)(H,30,32,34)/t20-/m0/s1. The number of nitrogens with zero attached hydrogens (tertiary/aromatic N) is 2. The summed E-state index contributed by atoms with van der Waals surface area (Å²) in [6.45, 7) is 4.42. The van der Waals surface area contributed by atoms with E-state index in [0.717, 1.165) is 27.8 Å². The molecule has 0 aliphatic carbocycles. The minimum Gasteiger partial charge on any atom is -0.464 e. The summed E-state index contributed by atoms with van der Waals surface area (Å²) in [5.41, 5.74) is 2.01. The minimum absolute atomic E-state index is 0.0954. The molecule has 1 atom stereocenters. The lowest BCUT2D eigenvalue weighted by Gasteiger charge is -2.18. The maximum absolute atomic E-state index is 13.2. The number of H-pyrrole nitrogens is 1. The fraction of sp³-hybridized carbons (Fsp3) is 0.333. The third-order valence-electron chi connectivity index (χ3n) is 5.86. The predicted octanol–water partition coefficient (Wildman–Crippen LogP) is 3.07. The zero-order valence-electron chi connectivity index (χ0n) is 22.5. The zero-order valence-corrected chi connectivity index (χ0v) is 24.2. The lowest BCUT2D eigenvalue weighted by molar-refractivity contribution is -0.146. The molecule has 1 aromatic carbocycles. The molecule has 4 rings (SSSR count). The van der Waals surface area contributed by atoms with E-state index in [1.165, 1.54) is 11.3 Å². The first-order valence-electron chi connectivity index (χ1n) is 12.9. The number of hydrogen-bond acceptors (Lipinski definition) is 10. The van der Waals surface area contributed by atoms with E-state index < -0.39 is 17.9 Å². The number of esters is 1. The van der Waals surface area contributed by atoms with Crippen molar-refractivity contribution in [2.75, 3.05) is 31.7 Å². The number of anilines is 1. The van der Waals surface area contributed by atoms with Gasteiger partial charge >= 0.3 is 5.97 Å². The summed E-state index contributed by atoms with van der Waals surface area (Å²) in [6, 6.07) is 7.81. The monoisotopic (exact) mass is 598 g/mol. The summed E-state index contributed by atoms with van der Waals surface area (Å²) in [6.07, 6.45) is 2.25. The number of hydrogen-bond donors (Lipinski definition) is 4. The summed E-state index contributed by atoms with van der Waals surface area (Å²) < 4.78 is 10.6. The number of carbonyl (C=O) groups excluding carboxylic acids is 4. The Kier molecular flexibility index (Phi) is 10.5. The molecule has 0 saturated heterocycles. The van der Waals surface area contributed by atoms with Crippen LogP contribution in [0, 0.1) is 6.92 Å². The van der Waals surface area contributed by atoms with Gasteiger partial charge in [-0.25, -0.2) is 9.78 Å². The molecule has 0 aliphatic heterocycles. The van der Waals surface area contributed by atoms with Gasteiger partial charge in [-0.3, -0.25) is 19.5 Å². The van der Waals surface area contributed by atoms with E-state index >= 15 is 0 Å². The van der Waals surface area contributed by atoms with Crippen molar-refractivity contribution in [3.05, 3.63) is 62.9 Å². The zero-order chi connectivity index (χ0) is 29.2. The van der Waals surface area contributed by atoms with Gasteiger partial charge in [-0.05, 0) is 36.9 Å². The number of nitrogens with one attached hydrogen (secondary N) is 4. The number of aromatic amines is 1. The number of ether oxygens (including phenoxy) is 2. The first-order valence-corrected chi connectivity index (χ1v) is 14.6. The molecule has 3 aromatic heterocycles. The lowest BCUT2D eigenvalue weighted by Crippen LogP contribution is -2.49. The van der Waals surface area contributed by atoms with Crippen molar-refractivity contribution in [1.29, 1.82) is 0 Å². The molecule has 0 saturated carbocycles. The van der Waals surface area contributed by atoms with Crippen LogP contribution in [-0.2, 0) is 25.5 Å². The average Bonchev–Trinajstić information content (AvgIpc) is 3.72. The van der Waals surface area contributed by atoms with Gasteiger partial charge in [-0.1, -0.05) is 29.5 Å². The Morgan fingerprint density at radius 2 is 1.95 bits per heavy atom. The van der Waals surface area contributed by atoms with E-state index in [0.29, 0.717) is 30.2 Å². The number of fused-ring (bicyclic) bond motifs is 1. The Bertz CT molecular complexity index is 1500. The summed E-state index contributed by atoms with van der Waals surface area (Å²) in [5.74, 6) is -1.94. The molecular weight excluding hydrogens is 568 g/mol. The number of thiazole rings is 1. The number of amides is 3. The number of carbonyl (C=O) groups is 4. The molecule has 4 N–H and O–H groups in total. The van der Waals surface area contributed by atoms with Gasteiger partial charge in [-0.2, -0.15) is 5.10 Å². The van der Waals surface area contributed by atoms with Gasteiger partial charge in [0, 0.05) is 31.6 Å². The van der Waals surface area contributed by atoms with Crippen LogP contribution in [0.2, 0.25) is 0 Å². The number of aromatic nitrogens is 3.